The third-order valence-electron chi connectivity index (χ3n) is 4.35. The monoisotopic (exact) mass is 386 g/mol. The number of hydrogen-bond donors (Lipinski definition) is 1. The molecule has 136 valence electrons. The highest BCUT2D eigenvalue weighted by atomic mass is 35.5. The van der Waals surface area contributed by atoms with Crippen LogP contribution >= 0.6 is 24.0 Å². The lowest BCUT2D eigenvalue weighted by Crippen LogP contribution is -2.34. The Kier molecular flexibility index (Phi) is 6.21. The van der Waals surface area contributed by atoms with Crippen molar-refractivity contribution in [1.82, 2.24) is 25.1 Å². The van der Waals surface area contributed by atoms with Gasteiger partial charge in [-0.2, -0.15) is 4.68 Å². The molecule has 2 aromatic rings. The van der Waals surface area contributed by atoms with Gasteiger partial charge in [0.25, 0.3) is 5.91 Å². The number of methoxy groups -OCH3 is 1. The van der Waals surface area contributed by atoms with E-state index in [2.05, 4.69) is 15.5 Å². The van der Waals surface area contributed by atoms with Crippen LogP contribution in [0.2, 0.25) is 5.02 Å². The van der Waals surface area contributed by atoms with Gasteiger partial charge >= 0.3 is 0 Å². The maximum Gasteiger partial charge on any atom is 0.257 e. The fraction of sp³-hybridized carbons (Fsp3) is 0.467. The highest BCUT2D eigenvalue weighted by molar-refractivity contribution is 6.33. The van der Waals surface area contributed by atoms with Crippen molar-refractivity contribution in [3.05, 3.63) is 29.0 Å². The van der Waals surface area contributed by atoms with Crippen LogP contribution in [0, 0.1) is 5.92 Å². The van der Waals surface area contributed by atoms with Gasteiger partial charge in [0.15, 0.2) is 0 Å². The van der Waals surface area contributed by atoms with Crippen LogP contribution < -0.4 is 10.5 Å². The van der Waals surface area contributed by atoms with E-state index in [9.17, 15) is 4.79 Å². The van der Waals surface area contributed by atoms with Crippen molar-refractivity contribution in [3.63, 3.8) is 0 Å². The minimum atomic E-state index is -0.111. The Balaban J connectivity index is 0.00000225. The number of nitrogens with two attached hydrogens (primary N) is 1. The number of nitrogens with zero attached hydrogens (tertiary/aromatic N) is 5. The first-order chi connectivity index (χ1) is 11.5. The summed E-state index contributed by atoms with van der Waals surface area (Å²) < 4.78 is 6.81. The highest BCUT2D eigenvalue weighted by Gasteiger charge is 2.33. The van der Waals surface area contributed by atoms with Crippen molar-refractivity contribution in [2.75, 3.05) is 20.2 Å². The SMILES string of the molecule is COc1cc(-n2cnnn2)c(Cl)cc1C(=O)N1CC(CN)CC1C.Cl. The number of ether oxygens (including phenoxy) is 1. The molecule has 1 aliphatic rings. The molecular weight excluding hydrogens is 367 g/mol. The molecule has 0 saturated carbocycles. The predicted octanol–water partition coefficient (Wildman–Crippen LogP) is 1.56. The van der Waals surface area contributed by atoms with E-state index in [-0.39, 0.29) is 24.4 Å². The van der Waals surface area contributed by atoms with E-state index in [4.69, 9.17) is 22.1 Å². The Morgan fingerprint density at radius 1 is 1.48 bits per heavy atom. The summed E-state index contributed by atoms with van der Waals surface area (Å²) in [6.45, 7) is 3.24. The zero-order valence-electron chi connectivity index (χ0n) is 13.9. The summed E-state index contributed by atoms with van der Waals surface area (Å²) in [4.78, 5) is 14.8. The Hall–Kier alpha value is -1.90. The smallest absolute Gasteiger partial charge is 0.257 e. The van der Waals surface area contributed by atoms with E-state index in [1.807, 2.05) is 11.8 Å². The average molecular weight is 387 g/mol. The zero-order valence-corrected chi connectivity index (χ0v) is 15.5. The molecule has 1 aromatic carbocycles. The number of rotatable bonds is 4. The molecule has 10 heteroatoms. The Morgan fingerprint density at radius 2 is 2.24 bits per heavy atom. The second-order valence-electron chi connectivity index (χ2n) is 5.90. The van der Waals surface area contributed by atoms with Crippen LogP contribution in [0.25, 0.3) is 5.69 Å². The van der Waals surface area contributed by atoms with Crippen LogP contribution in [-0.4, -0.2) is 57.3 Å². The molecule has 1 fully saturated rings. The third kappa shape index (κ3) is 3.70. The predicted molar refractivity (Wildman–Crippen MR) is 95.6 cm³/mol. The summed E-state index contributed by atoms with van der Waals surface area (Å²) in [6.07, 6.45) is 2.33. The number of hydrogen-bond acceptors (Lipinski definition) is 6. The molecule has 1 saturated heterocycles. The number of carbonyl (C=O) groups excluding carboxylic acids is 1. The van der Waals surface area contributed by atoms with Crippen LogP contribution in [0.5, 0.6) is 5.75 Å². The normalized spacial score (nSPS) is 19.6. The van der Waals surface area contributed by atoms with Gasteiger partial charge in [-0.3, -0.25) is 4.79 Å². The maximum absolute atomic E-state index is 12.9. The van der Waals surface area contributed by atoms with Gasteiger partial charge in [0.2, 0.25) is 0 Å². The molecule has 2 unspecified atom stereocenters. The first-order valence-corrected chi connectivity index (χ1v) is 8.04. The van der Waals surface area contributed by atoms with Crippen LogP contribution in [-0.2, 0) is 0 Å². The fourth-order valence-corrected chi connectivity index (χ4v) is 3.33. The van der Waals surface area contributed by atoms with Crippen molar-refractivity contribution in [2.45, 2.75) is 19.4 Å². The molecule has 25 heavy (non-hydrogen) atoms. The van der Waals surface area contributed by atoms with Gasteiger partial charge in [-0.25, -0.2) is 0 Å². The van der Waals surface area contributed by atoms with Gasteiger partial charge in [0.1, 0.15) is 12.1 Å². The number of halogens is 2. The number of amides is 1. The van der Waals surface area contributed by atoms with Gasteiger partial charge in [-0.15, -0.1) is 17.5 Å². The zero-order chi connectivity index (χ0) is 17.3. The summed E-state index contributed by atoms with van der Waals surface area (Å²) in [6, 6.07) is 3.39. The molecular formula is C15H20Cl2N6O2. The lowest BCUT2D eigenvalue weighted by molar-refractivity contribution is 0.0740. The number of likely N-dealkylation sites (tertiary alicyclic amines) is 1. The first-order valence-electron chi connectivity index (χ1n) is 7.67. The van der Waals surface area contributed by atoms with Crippen molar-refractivity contribution >= 4 is 29.9 Å². The number of benzene rings is 1. The minimum absolute atomic E-state index is 0. The number of carbonyl (C=O) groups is 1. The van der Waals surface area contributed by atoms with Gasteiger partial charge in [0, 0.05) is 18.7 Å². The van der Waals surface area contributed by atoms with Crippen molar-refractivity contribution in [3.8, 4) is 11.4 Å². The molecule has 1 amide bonds. The van der Waals surface area contributed by atoms with Crippen molar-refractivity contribution in [1.29, 1.82) is 0 Å². The summed E-state index contributed by atoms with van der Waals surface area (Å²) in [5.74, 6) is 0.643. The second kappa shape index (κ2) is 7.99. The van der Waals surface area contributed by atoms with E-state index in [1.165, 1.54) is 18.1 Å². The fourth-order valence-electron chi connectivity index (χ4n) is 3.08. The van der Waals surface area contributed by atoms with Crippen molar-refractivity contribution < 1.29 is 9.53 Å². The maximum atomic E-state index is 12.9. The first kappa shape index (κ1) is 19.4. The molecule has 8 nitrogen and oxygen atoms in total. The quantitative estimate of drug-likeness (QED) is 0.855. The van der Waals surface area contributed by atoms with E-state index < -0.39 is 0 Å². The van der Waals surface area contributed by atoms with Crippen molar-refractivity contribution in [2.24, 2.45) is 11.7 Å². The van der Waals surface area contributed by atoms with E-state index >= 15 is 0 Å². The highest BCUT2D eigenvalue weighted by Crippen LogP contribution is 2.32. The largest absolute Gasteiger partial charge is 0.496 e. The second-order valence-corrected chi connectivity index (χ2v) is 6.31. The average Bonchev–Trinajstić information content (AvgIpc) is 3.23. The minimum Gasteiger partial charge on any atom is -0.496 e. The molecule has 1 aromatic heterocycles. The summed E-state index contributed by atoms with van der Waals surface area (Å²) in [5.41, 5.74) is 6.71. The van der Waals surface area contributed by atoms with E-state index in [1.54, 1.807) is 12.1 Å². The Bertz CT molecular complexity index is 740. The van der Waals surface area contributed by atoms with Crippen LogP contribution in [0.15, 0.2) is 18.5 Å². The Labute approximate surface area is 156 Å². The molecule has 0 radical (unpaired) electrons. The summed E-state index contributed by atoms with van der Waals surface area (Å²) in [5, 5.41) is 11.4. The lowest BCUT2D eigenvalue weighted by Gasteiger charge is -2.23. The standard InChI is InChI=1S/C15H19ClN6O2.ClH/c1-9-3-10(6-17)7-21(9)15(23)11-4-12(16)13(5-14(11)24-2)22-8-18-19-20-22;/h4-5,8-10H,3,6-7,17H2,1-2H3;1H. The summed E-state index contributed by atoms with van der Waals surface area (Å²) >= 11 is 6.33. The van der Waals surface area contributed by atoms with E-state index in [0.717, 1.165) is 6.42 Å². The lowest BCUT2D eigenvalue weighted by atomic mass is 10.1. The molecule has 0 bridgehead atoms. The molecule has 3 rings (SSSR count). The molecule has 2 heterocycles. The number of tetrazole rings is 1. The van der Waals surface area contributed by atoms with Gasteiger partial charge in [-0.1, -0.05) is 11.6 Å². The Morgan fingerprint density at radius 3 is 2.80 bits per heavy atom. The van der Waals surface area contributed by atoms with Gasteiger partial charge in [-0.05, 0) is 42.3 Å². The van der Waals surface area contributed by atoms with Gasteiger partial charge in [0.05, 0.1) is 23.4 Å². The molecule has 0 spiro atoms. The molecule has 1 aliphatic heterocycles. The summed E-state index contributed by atoms with van der Waals surface area (Å²) in [7, 11) is 1.51. The molecule has 2 N–H and O–H groups in total. The third-order valence-corrected chi connectivity index (χ3v) is 4.65. The molecule has 0 aliphatic carbocycles. The van der Waals surface area contributed by atoms with E-state index in [0.29, 0.717) is 41.0 Å². The van der Waals surface area contributed by atoms with Crippen LogP contribution in [0.3, 0.4) is 0 Å². The molecule has 2 atom stereocenters. The van der Waals surface area contributed by atoms with Gasteiger partial charge < -0.3 is 15.4 Å². The van der Waals surface area contributed by atoms with Crippen LogP contribution in [0.4, 0.5) is 0 Å². The number of aromatic nitrogens is 4. The van der Waals surface area contributed by atoms with Crippen LogP contribution in [0.1, 0.15) is 23.7 Å². The topological polar surface area (TPSA) is 99.2 Å².